The average molecular weight is 450 g/mol. The number of anilines is 1. The largest absolute Gasteiger partial charge is 0.348 e. The van der Waals surface area contributed by atoms with E-state index in [1.54, 1.807) is 12.1 Å². The first-order valence-electron chi connectivity index (χ1n) is 10.0. The molecule has 1 heterocycles. The van der Waals surface area contributed by atoms with Crippen molar-refractivity contribution in [1.29, 1.82) is 5.26 Å². The van der Waals surface area contributed by atoms with E-state index >= 15 is 0 Å². The van der Waals surface area contributed by atoms with Gasteiger partial charge in [0.05, 0.1) is 22.2 Å². The van der Waals surface area contributed by atoms with Crippen molar-refractivity contribution in [2.45, 2.75) is 30.8 Å². The van der Waals surface area contributed by atoms with E-state index < -0.39 is 21.7 Å². The van der Waals surface area contributed by atoms with E-state index in [2.05, 4.69) is 5.32 Å². The molecule has 3 aromatic carbocycles. The fourth-order valence-corrected chi connectivity index (χ4v) is 5.59. The SMILES string of the molecule is C[C@@H]1Cc2ccccc2N1S(=O)(=O)c1cccc(C(=O)NCc2ccc(C#N)cc2F)c1. The van der Waals surface area contributed by atoms with Crippen LogP contribution in [-0.2, 0) is 23.0 Å². The second-order valence-electron chi connectivity index (χ2n) is 7.61. The molecule has 0 radical (unpaired) electrons. The fraction of sp³-hybridized carbons (Fsp3) is 0.167. The number of para-hydroxylation sites is 1. The van der Waals surface area contributed by atoms with Crippen molar-refractivity contribution in [2.75, 3.05) is 4.31 Å². The van der Waals surface area contributed by atoms with E-state index in [0.29, 0.717) is 12.1 Å². The Bertz CT molecular complexity index is 1350. The van der Waals surface area contributed by atoms with Crippen molar-refractivity contribution >= 4 is 21.6 Å². The van der Waals surface area contributed by atoms with Crippen LogP contribution in [0.4, 0.5) is 10.1 Å². The summed E-state index contributed by atoms with van der Waals surface area (Å²) >= 11 is 0. The number of sulfonamides is 1. The third-order valence-electron chi connectivity index (χ3n) is 5.42. The molecular weight excluding hydrogens is 429 g/mol. The summed E-state index contributed by atoms with van der Waals surface area (Å²) in [4.78, 5) is 12.6. The number of benzene rings is 3. The molecule has 1 N–H and O–H groups in total. The molecule has 6 nitrogen and oxygen atoms in total. The van der Waals surface area contributed by atoms with Crippen LogP contribution in [0.1, 0.15) is 34.0 Å². The number of nitriles is 1. The first-order chi connectivity index (χ1) is 15.3. The maximum Gasteiger partial charge on any atom is 0.264 e. The Labute approximate surface area is 186 Å². The average Bonchev–Trinajstić information content (AvgIpc) is 3.14. The third kappa shape index (κ3) is 3.95. The van der Waals surface area contributed by atoms with Gasteiger partial charge in [-0.2, -0.15) is 5.26 Å². The number of carbonyl (C=O) groups is 1. The zero-order chi connectivity index (χ0) is 22.9. The fourth-order valence-electron chi connectivity index (χ4n) is 3.85. The molecule has 4 rings (SSSR count). The molecule has 1 aliphatic rings. The first kappa shape index (κ1) is 21.5. The summed E-state index contributed by atoms with van der Waals surface area (Å²) in [5.74, 6) is -1.12. The van der Waals surface area contributed by atoms with Gasteiger partial charge in [-0.15, -0.1) is 0 Å². The van der Waals surface area contributed by atoms with Crippen molar-refractivity contribution in [3.8, 4) is 6.07 Å². The summed E-state index contributed by atoms with van der Waals surface area (Å²) in [6.45, 7) is 1.75. The van der Waals surface area contributed by atoms with Crippen molar-refractivity contribution in [1.82, 2.24) is 5.32 Å². The van der Waals surface area contributed by atoms with Crippen LogP contribution in [0.5, 0.6) is 0 Å². The number of carbonyl (C=O) groups excluding carboxylic acids is 1. The molecule has 0 aromatic heterocycles. The predicted molar refractivity (Wildman–Crippen MR) is 118 cm³/mol. The highest BCUT2D eigenvalue weighted by Crippen LogP contribution is 2.36. The number of rotatable bonds is 5. The second-order valence-corrected chi connectivity index (χ2v) is 9.43. The molecule has 1 atom stereocenters. The lowest BCUT2D eigenvalue weighted by atomic mass is 10.1. The summed E-state index contributed by atoms with van der Waals surface area (Å²) in [6, 6.07) is 18.8. The molecule has 0 bridgehead atoms. The van der Waals surface area contributed by atoms with Gasteiger partial charge in [0.2, 0.25) is 0 Å². The van der Waals surface area contributed by atoms with Crippen LogP contribution in [0.3, 0.4) is 0 Å². The van der Waals surface area contributed by atoms with Crippen LogP contribution in [0, 0.1) is 17.1 Å². The molecule has 0 saturated carbocycles. The maximum atomic E-state index is 14.1. The van der Waals surface area contributed by atoms with Gasteiger partial charge in [-0.05, 0) is 55.3 Å². The Balaban J connectivity index is 1.56. The Morgan fingerprint density at radius 1 is 1.16 bits per heavy atom. The van der Waals surface area contributed by atoms with E-state index in [1.807, 2.05) is 25.1 Å². The van der Waals surface area contributed by atoms with Gasteiger partial charge in [0.25, 0.3) is 15.9 Å². The Morgan fingerprint density at radius 3 is 2.69 bits per heavy atom. The van der Waals surface area contributed by atoms with Crippen LogP contribution in [0.2, 0.25) is 0 Å². The molecule has 162 valence electrons. The van der Waals surface area contributed by atoms with Gasteiger partial charge in [-0.3, -0.25) is 9.10 Å². The van der Waals surface area contributed by atoms with Crippen molar-refractivity contribution in [3.05, 3.63) is 94.8 Å². The molecular formula is C24H20FN3O3S. The van der Waals surface area contributed by atoms with Crippen LogP contribution in [-0.4, -0.2) is 20.4 Å². The Kier molecular flexibility index (Phi) is 5.68. The van der Waals surface area contributed by atoms with Crippen molar-refractivity contribution in [3.63, 3.8) is 0 Å². The number of hydrogen-bond acceptors (Lipinski definition) is 4. The van der Waals surface area contributed by atoms with Gasteiger partial charge in [0.15, 0.2) is 0 Å². The minimum atomic E-state index is -3.88. The van der Waals surface area contributed by atoms with Gasteiger partial charge in [-0.1, -0.05) is 30.3 Å². The number of nitrogens with zero attached hydrogens (tertiary/aromatic N) is 2. The van der Waals surface area contributed by atoms with Gasteiger partial charge in [-0.25, -0.2) is 12.8 Å². The topological polar surface area (TPSA) is 90.3 Å². The molecule has 8 heteroatoms. The first-order valence-corrected chi connectivity index (χ1v) is 11.4. The lowest BCUT2D eigenvalue weighted by Crippen LogP contribution is -2.35. The summed E-state index contributed by atoms with van der Waals surface area (Å²) < 4.78 is 42.2. The molecule has 0 fully saturated rings. The van der Waals surface area contributed by atoms with Crippen LogP contribution in [0.15, 0.2) is 71.6 Å². The van der Waals surface area contributed by atoms with E-state index in [4.69, 9.17) is 5.26 Å². The highest BCUT2D eigenvalue weighted by Gasteiger charge is 2.36. The van der Waals surface area contributed by atoms with Gasteiger partial charge in [0, 0.05) is 23.7 Å². The smallest absolute Gasteiger partial charge is 0.264 e. The zero-order valence-corrected chi connectivity index (χ0v) is 18.1. The molecule has 1 amide bonds. The van der Waals surface area contributed by atoms with E-state index in [0.717, 1.165) is 11.6 Å². The zero-order valence-electron chi connectivity index (χ0n) is 17.2. The highest BCUT2D eigenvalue weighted by atomic mass is 32.2. The number of halogens is 1. The minimum Gasteiger partial charge on any atom is -0.348 e. The van der Waals surface area contributed by atoms with Crippen molar-refractivity contribution < 1.29 is 17.6 Å². The lowest BCUT2D eigenvalue weighted by molar-refractivity contribution is 0.0950. The normalized spacial score (nSPS) is 15.2. The van der Waals surface area contributed by atoms with Gasteiger partial charge < -0.3 is 5.32 Å². The standard InChI is InChI=1S/C24H20FN3O3S/c1-16-11-18-5-2-3-8-23(18)28(16)32(30,31)21-7-4-6-19(13-21)24(29)27-15-20-10-9-17(14-26)12-22(20)25/h2-10,12-13,16H,11,15H2,1H3,(H,27,29)/t16-/m1/s1. The highest BCUT2D eigenvalue weighted by molar-refractivity contribution is 7.92. The van der Waals surface area contributed by atoms with Crippen LogP contribution < -0.4 is 9.62 Å². The molecule has 0 unspecified atom stereocenters. The number of hydrogen-bond donors (Lipinski definition) is 1. The van der Waals surface area contributed by atoms with E-state index in [1.165, 1.54) is 40.7 Å². The van der Waals surface area contributed by atoms with E-state index in [9.17, 15) is 17.6 Å². The molecule has 0 aliphatic carbocycles. The molecule has 3 aromatic rings. The van der Waals surface area contributed by atoms with E-state index in [-0.39, 0.29) is 34.2 Å². The number of amides is 1. The number of nitrogens with one attached hydrogen (secondary N) is 1. The Morgan fingerprint density at radius 2 is 1.94 bits per heavy atom. The lowest BCUT2D eigenvalue weighted by Gasteiger charge is -2.24. The quantitative estimate of drug-likeness (QED) is 0.642. The summed E-state index contributed by atoms with van der Waals surface area (Å²) in [5.41, 5.74) is 2.17. The minimum absolute atomic E-state index is 0.0123. The Hall–Kier alpha value is -3.70. The van der Waals surface area contributed by atoms with Crippen LogP contribution >= 0.6 is 0 Å². The second kappa shape index (κ2) is 8.44. The van der Waals surface area contributed by atoms with Crippen LogP contribution in [0.25, 0.3) is 0 Å². The predicted octanol–water partition coefficient (Wildman–Crippen LogP) is 3.77. The molecule has 0 saturated heterocycles. The monoisotopic (exact) mass is 449 g/mol. The molecule has 1 aliphatic heterocycles. The molecule has 0 spiro atoms. The summed E-state index contributed by atoms with van der Waals surface area (Å²) in [7, 11) is -3.88. The summed E-state index contributed by atoms with van der Waals surface area (Å²) in [6.07, 6.45) is 0.617. The van der Waals surface area contributed by atoms with Gasteiger partial charge in [0.1, 0.15) is 5.82 Å². The molecule has 32 heavy (non-hydrogen) atoms. The van der Waals surface area contributed by atoms with Crippen molar-refractivity contribution in [2.24, 2.45) is 0 Å². The van der Waals surface area contributed by atoms with Gasteiger partial charge >= 0.3 is 0 Å². The number of fused-ring (bicyclic) bond motifs is 1. The maximum absolute atomic E-state index is 14.1. The third-order valence-corrected chi connectivity index (χ3v) is 7.34. The summed E-state index contributed by atoms with van der Waals surface area (Å²) in [5, 5.41) is 11.4.